The van der Waals surface area contributed by atoms with Crippen LogP contribution in [-0.2, 0) is 0 Å². The molecule has 0 spiro atoms. The number of hydrogen-bond donors (Lipinski definition) is 0. The topological polar surface area (TPSA) is 77.2 Å². The molecule has 0 fully saturated rings. The minimum absolute atomic E-state index is 0.359. The maximum Gasteiger partial charge on any atom is 0.281 e. The van der Waals surface area contributed by atoms with Crippen LogP contribution < -0.4 is 14.5 Å². The number of methoxy groups -OCH3 is 2. The van der Waals surface area contributed by atoms with Crippen LogP contribution in [0.25, 0.3) is 10.2 Å². The van der Waals surface area contributed by atoms with E-state index in [4.69, 9.17) is 13.9 Å². The van der Waals surface area contributed by atoms with Crippen LogP contribution in [0.3, 0.4) is 0 Å². The van der Waals surface area contributed by atoms with Crippen molar-refractivity contribution in [2.45, 2.75) is 6.92 Å². The Balaban J connectivity index is 1.79. The molecule has 4 rings (SSSR count). The van der Waals surface area contributed by atoms with Crippen molar-refractivity contribution in [1.29, 1.82) is 0 Å². The van der Waals surface area contributed by atoms with E-state index in [-0.39, 0.29) is 5.91 Å². The molecule has 0 atom stereocenters. The Kier molecular flexibility index (Phi) is 5.49. The highest BCUT2D eigenvalue weighted by atomic mass is 32.1. The van der Waals surface area contributed by atoms with Crippen molar-refractivity contribution in [3.05, 3.63) is 71.7 Å². The van der Waals surface area contributed by atoms with Crippen LogP contribution in [0.4, 0.5) is 5.13 Å². The zero-order valence-electron chi connectivity index (χ0n) is 16.7. The number of nitrogens with zero attached hydrogens (tertiary/aromatic N) is 3. The fourth-order valence-electron chi connectivity index (χ4n) is 2.83. The van der Waals surface area contributed by atoms with E-state index >= 15 is 0 Å². The van der Waals surface area contributed by atoms with E-state index in [0.717, 1.165) is 15.8 Å². The quantitative estimate of drug-likeness (QED) is 0.327. The molecule has 30 heavy (non-hydrogen) atoms. The van der Waals surface area contributed by atoms with Gasteiger partial charge < -0.3 is 13.9 Å². The summed E-state index contributed by atoms with van der Waals surface area (Å²) in [6.45, 7) is 2.01. The molecular weight excluding hydrogens is 402 g/mol. The van der Waals surface area contributed by atoms with E-state index < -0.39 is 0 Å². The van der Waals surface area contributed by atoms with Crippen molar-refractivity contribution in [2.24, 2.45) is 5.10 Å². The number of aromatic nitrogens is 1. The van der Waals surface area contributed by atoms with Crippen molar-refractivity contribution in [3.63, 3.8) is 0 Å². The standard InChI is InChI=1S/C22H19N3O4S/c1-14-6-7-19-20(9-14)30-22(24-19)25(23-13-16-5-4-8-29-16)21(26)15-10-17(27-2)12-18(11-15)28-3/h4-13H,1-3H3/b23-13+. The SMILES string of the molecule is COc1cc(OC)cc(C(=O)N(/N=C/c2ccco2)c2nc3ccc(C)cc3s2)c1. The van der Waals surface area contributed by atoms with Gasteiger partial charge in [-0.15, -0.1) is 0 Å². The molecule has 0 bridgehead atoms. The van der Waals surface area contributed by atoms with Gasteiger partial charge in [-0.2, -0.15) is 10.1 Å². The lowest BCUT2D eigenvalue weighted by Crippen LogP contribution is -2.25. The summed E-state index contributed by atoms with van der Waals surface area (Å²) in [5.74, 6) is 1.17. The Morgan fingerprint density at radius 2 is 1.90 bits per heavy atom. The minimum Gasteiger partial charge on any atom is -0.497 e. The summed E-state index contributed by atoms with van der Waals surface area (Å²) < 4.78 is 16.9. The maximum atomic E-state index is 13.4. The normalized spacial score (nSPS) is 11.2. The summed E-state index contributed by atoms with van der Waals surface area (Å²) in [6, 6.07) is 14.4. The number of hydrazone groups is 1. The number of carbonyl (C=O) groups excluding carboxylic acids is 1. The molecule has 0 aliphatic rings. The molecule has 2 heterocycles. The second-order valence-corrected chi connectivity index (χ2v) is 7.46. The first-order valence-corrected chi connectivity index (χ1v) is 9.91. The molecule has 8 heteroatoms. The molecule has 0 unspecified atom stereocenters. The molecule has 1 amide bonds. The first-order valence-electron chi connectivity index (χ1n) is 9.09. The first-order chi connectivity index (χ1) is 14.6. The van der Waals surface area contributed by atoms with Gasteiger partial charge in [0.15, 0.2) is 0 Å². The van der Waals surface area contributed by atoms with E-state index in [9.17, 15) is 4.79 Å². The van der Waals surface area contributed by atoms with Gasteiger partial charge >= 0.3 is 0 Å². The van der Waals surface area contributed by atoms with Gasteiger partial charge in [0.05, 0.1) is 36.9 Å². The van der Waals surface area contributed by atoms with E-state index in [1.165, 1.54) is 36.8 Å². The molecule has 7 nitrogen and oxygen atoms in total. The van der Waals surface area contributed by atoms with Crippen LogP contribution in [0.2, 0.25) is 0 Å². The molecule has 0 saturated carbocycles. The van der Waals surface area contributed by atoms with Crippen LogP contribution in [-0.4, -0.2) is 31.3 Å². The summed E-state index contributed by atoms with van der Waals surface area (Å²) in [7, 11) is 3.07. The third-order valence-corrected chi connectivity index (χ3v) is 5.34. The van der Waals surface area contributed by atoms with Crippen LogP contribution >= 0.6 is 11.3 Å². The lowest BCUT2D eigenvalue weighted by Gasteiger charge is -2.15. The Morgan fingerprint density at radius 3 is 2.57 bits per heavy atom. The lowest BCUT2D eigenvalue weighted by atomic mass is 10.2. The van der Waals surface area contributed by atoms with Gasteiger partial charge in [0.2, 0.25) is 5.13 Å². The van der Waals surface area contributed by atoms with E-state index in [1.54, 1.807) is 36.6 Å². The number of benzene rings is 2. The number of anilines is 1. The fourth-order valence-corrected chi connectivity index (χ4v) is 3.85. The molecule has 0 saturated heterocycles. The number of thiazole rings is 1. The molecule has 0 radical (unpaired) electrons. The Bertz CT molecular complexity index is 1190. The average molecular weight is 421 g/mol. The van der Waals surface area contributed by atoms with E-state index in [0.29, 0.717) is 28.0 Å². The summed E-state index contributed by atoms with van der Waals surface area (Å²) in [5.41, 5.74) is 2.28. The number of furan rings is 1. The summed E-state index contributed by atoms with van der Waals surface area (Å²) in [4.78, 5) is 18.0. The lowest BCUT2D eigenvalue weighted by molar-refractivity contribution is 0.0987. The molecular formula is C22H19N3O4S. The van der Waals surface area contributed by atoms with E-state index in [1.807, 2.05) is 25.1 Å². The number of carbonyl (C=O) groups is 1. The Hall–Kier alpha value is -3.65. The highest BCUT2D eigenvalue weighted by molar-refractivity contribution is 7.22. The van der Waals surface area contributed by atoms with Crippen LogP contribution in [0.5, 0.6) is 11.5 Å². The van der Waals surface area contributed by atoms with Crippen LogP contribution in [0.15, 0.2) is 64.3 Å². The number of fused-ring (bicyclic) bond motifs is 1. The minimum atomic E-state index is -0.370. The van der Waals surface area contributed by atoms with Crippen LogP contribution in [0.1, 0.15) is 21.7 Å². The van der Waals surface area contributed by atoms with Gasteiger partial charge in [-0.3, -0.25) is 4.79 Å². The number of hydrogen-bond acceptors (Lipinski definition) is 7. The molecule has 2 aromatic carbocycles. The van der Waals surface area contributed by atoms with Gasteiger partial charge in [-0.05, 0) is 48.9 Å². The van der Waals surface area contributed by atoms with E-state index in [2.05, 4.69) is 10.1 Å². The highest BCUT2D eigenvalue weighted by Gasteiger charge is 2.22. The van der Waals surface area contributed by atoms with Gasteiger partial charge in [0.1, 0.15) is 17.3 Å². The van der Waals surface area contributed by atoms with Crippen molar-refractivity contribution >= 4 is 38.8 Å². The van der Waals surface area contributed by atoms with Crippen LogP contribution in [0, 0.1) is 6.92 Å². The predicted molar refractivity (Wildman–Crippen MR) is 117 cm³/mol. The highest BCUT2D eigenvalue weighted by Crippen LogP contribution is 2.32. The third kappa shape index (κ3) is 4.04. The third-order valence-electron chi connectivity index (χ3n) is 4.35. The molecule has 0 aliphatic carbocycles. The number of ether oxygens (including phenoxy) is 2. The second kappa shape index (κ2) is 8.38. The smallest absolute Gasteiger partial charge is 0.281 e. The zero-order chi connectivity index (χ0) is 21.1. The van der Waals surface area contributed by atoms with Crippen molar-refractivity contribution in [2.75, 3.05) is 19.2 Å². The van der Waals surface area contributed by atoms with Gasteiger partial charge in [0.25, 0.3) is 5.91 Å². The Morgan fingerprint density at radius 1 is 1.13 bits per heavy atom. The maximum absolute atomic E-state index is 13.4. The molecule has 152 valence electrons. The Labute approximate surface area is 177 Å². The van der Waals surface area contributed by atoms with Gasteiger partial charge in [0, 0.05) is 11.6 Å². The molecule has 4 aromatic rings. The average Bonchev–Trinajstić information content (AvgIpc) is 3.42. The largest absolute Gasteiger partial charge is 0.497 e. The van der Waals surface area contributed by atoms with Gasteiger partial charge in [-0.1, -0.05) is 17.4 Å². The monoisotopic (exact) mass is 421 g/mol. The molecule has 0 aliphatic heterocycles. The zero-order valence-corrected chi connectivity index (χ0v) is 17.5. The number of amides is 1. The molecule has 2 aromatic heterocycles. The summed E-state index contributed by atoms with van der Waals surface area (Å²) in [5, 5.41) is 6.08. The van der Waals surface area contributed by atoms with Crippen molar-refractivity contribution in [1.82, 2.24) is 4.98 Å². The summed E-state index contributed by atoms with van der Waals surface area (Å²) in [6.07, 6.45) is 3.02. The predicted octanol–water partition coefficient (Wildman–Crippen LogP) is 4.90. The summed E-state index contributed by atoms with van der Waals surface area (Å²) >= 11 is 1.39. The fraction of sp³-hybridized carbons (Fsp3) is 0.136. The first kappa shape index (κ1) is 19.7. The number of aryl methyl sites for hydroxylation is 1. The number of rotatable bonds is 6. The van der Waals surface area contributed by atoms with Gasteiger partial charge in [-0.25, -0.2) is 4.98 Å². The second-order valence-electron chi connectivity index (χ2n) is 6.45. The van der Waals surface area contributed by atoms with Crippen molar-refractivity contribution < 1.29 is 18.7 Å². The van der Waals surface area contributed by atoms with Crippen molar-refractivity contribution in [3.8, 4) is 11.5 Å². The molecule has 0 N–H and O–H groups in total.